The monoisotopic (exact) mass is 425 g/mol. The molecule has 32 heavy (non-hydrogen) atoms. The number of nitriles is 1. The first-order chi connectivity index (χ1) is 15.3. The van der Waals surface area contributed by atoms with Crippen LogP contribution in [-0.4, -0.2) is 5.91 Å². The molecular formula is C27H27N3O2. The second-order valence-electron chi connectivity index (χ2n) is 8.51. The molecule has 0 saturated heterocycles. The Morgan fingerprint density at radius 1 is 0.906 bits per heavy atom. The van der Waals surface area contributed by atoms with Gasteiger partial charge in [-0.05, 0) is 58.5 Å². The first-order valence-corrected chi connectivity index (χ1v) is 10.3. The highest BCUT2D eigenvalue weighted by Crippen LogP contribution is 2.24. The Balaban J connectivity index is 1.50. The van der Waals surface area contributed by atoms with E-state index in [1.807, 2.05) is 24.3 Å². The van der Waals surface area contributed by atoms with E-state index in [0.717, 1.165) is 16.9 Å². The van der Waals surface area contributed by atoms with Gasteiger partial charge >= 0.3 is 0 Å². The average Bonchev–Trinajstić information content (AvgIpc) is 2.81. The lowest BCUT2D eigenvalue weighted by atomic mass is 9.87. The molecule has 0 saturated carbocycles. The highest BCUT2D eigenvalue weighted by Gasteiger charge is 2.13. The fourth-order valence-electron chi connectivity index (χ4n) is 2.99. The maximum atomic E-state index is 12.4. The van der Waals surface area contributed by atoms with Crippen molar-refractivity contribution in [2.45, 2.75) is 32.8 Å². The standard InChI is InChI=1S/C27H27N3O2/c1-19(22-9-5-20(17-28)6-10-22)29-30-26(31)23-11-7-21(8-12-23)18-32-25-15-13-24(14-16-25)27(2,3)4/h5-16,29H,1,18H2,2-4H3,(H,30,31). The molecule has 0 aliphatic rings. The summed E-state index contributed by atoms with van der Waals surface area (Å²) in [6.07, 6.45) is 0. The Labute approximate surface area is 189 Å². The van der Waals surface area contributed by atoms with E-state index in [1.54, 1.807) is 36.4 Å². The first kappa shape index (κ1) is 22.6. The molecule has 0 fully saturated rings. The largest absolute Gasteiger partial charge is 0.489 e. The van der Waals surface area contributed by atoms with Gasteiger partial charge in [0.05, 0.1) is 17.3 Å². The number of hydrogen-bond acceptors (Lipinski definition) is 4. The molecule has 5 heteroatoms. The molecule has 3 aromatic rings. The molecule has 1 amide bonds. The lowest BCUT2D eigenvalue weighted by Crippen LogP contribution is -2.35. The van der Waals surface area contributed by atoms with E-state index >= 15 is 0 Å². The summed E-state index contributed by atoms with van der Waals surface area (Å²) in [5, 5.41) is 8.86. The van der Waals surface area contributed by atoms with Crippen LogP contribution in [0.15, 0.2) is 79.4 Å². The second kappa shape index (κ2) is 9.84. The molecular weight excluding hydrogens is 398 g/mol. The summed E-state index contributed by atoms with van der Waals surface area (Å²) in [5.41, 5.74) is 10.2. The smallest absolute Gasteiger partial charge is 0.269 e. The Kier molecular flexibility index (Phi) is 6.97. The van der Waals surface area contributed by atoms with Gasteiger partial charge in [0.2, 0.25) is 0 Å². The van der Waals surface area contributed by atoms with Crippen LogP contribution in [0, 0.1) is 11.3 Å². The van der Waals surface area contributed by atoms with E-state index < -0.39 is 0 Å². The molecule has 0 spiro atoms. The van der Waals surface area contributed by atoms with Gasteiger partial charge in [-0.25, -0.2) is 0 Å². The topological polar surface area (TPSA) is 74.2 Å². The highest BCUT2D eigenvalue weighted by atomic mass is 16.5. The quantitative estimate of drug-likeness (QED) is 0.501. The molecule has 2 N–H and O–H groups in total. The van der Waals surface area contributed by atoms with Crippen LogP contribution in [0.2, 0.25) is 0 Å². The normalized spacial score (nSPS) is 10.7. The summed E-state index contributed by atoms with van der Waals surface area (Å²) < 4.78 is 5.86. The predicted molar refractivity (Wildman–Crippen MR) is 127 cm³/mol. The van der Waals surface area contributed by atoms with Gasteiger partial charge in [-0.3, -0.25) is 15.6 Å². The lowest BCUT2D eigenvalue weighted by Gasteiger charge is -2.19. The van der Waals surface area contributed by atoms with E-state index in [1.165, 1.54) is 5.56 Å². The number of hydrogen-bond donors (Lipinski definition) is 2. The summed E-state index contributed by atoms with van der Waals surface area (Å²) in [6, 6.07) is 24.4. The molecule has 0 aromatic heterocycles. The third-order valence-corrected chi connectivity index (χ3v) is 5.03. The van der Waals surface area contributed by atoms with E-state index in [9.17, 15) is 4.79 Å². The van der Waals surface area contributed by atoms with E-state index in [2.05, 4.69) is 56.4 Å². The molecule has 5 nitrogen and oxygen atoms in total. The van der Waals surface area contributed by atoms with Crippen molar-refractivity contribution in [3.8, 4) is 11.8 Å². The summed E-state index contributed by atoms with van der Waals surface area (Å²) in [6.45, 7) is 10.9. The number of benzene rings is 3. The summed E-state index contributed by atoms with van der Waals surface area (Å²) in [5.74, 6) is 0.537. The SMILES string of the molecule is C=C(NNC(=O)c1ccc(COc2ccc(C(C)(C)C)cc2)cc1)c1ccc(C#N)cc1. The van der Waals surface area contributed by atoms with Crippen molar-refractivity contribution in [2.24, 2.45) is 0 Å². The van der Waals surface area contributed by atoms with Gasteiger partial charge < -0.3 is 4.74 Å². The number of carbonyl (C=O) groups excluding carboxylic acids is 1. The molecule has 0 aliphatic carbocycles. The Morgan fingerprint density at radius 3 is 2.06 bits per heavy atom. The molecule has 0 bridgehead atoms. The minimum Gasteiger partial charge on any atom is -0.489 e. The zero-order valence-corrected chi connectivity index (χ0v) is 18.6. The number of carbonyl (C=O) groups is 1. The van der Waals surface area contributed by atoms with Crippen LogP contribution in [0.5, 0.6) is 5.75 Å². The molecule has 162 valence electrons. The fourth-order valence-corrected chi connectivity index (χ4v) is 2.99. The van der Waals surface area contributed by atoms with Crippen LogP contribution < -0.4 is 15.6 Å². The van der Waals surface area contributed by atoms with Crippen LogP contribution in [-0.2, 0) is 12.0 Å². The van der Waals surface area contributed by atoms with Gasteiger partial charge in [-0.15, -0.1) is 0 Å². The molecule has 0 unspecified atom stereocenters. The van der Waals surface area contributed by atoms with Gasteiger partial charge in [-0.2, -0.15) is 5.26 Å². The maximum Gasteiger partial charge on any atom is 0.269 e. The number of ether oxygens (including phenoxy) is 1. The average molecular weight is 426 g/mol. The number of rotatable bonds is 7. The second-order valence-corrected chi connectivity index (χ2v) is 8.51. The molecule has 3 aromatic carbocycles. The Hall–Kier alpha value is -4.04. The highest BCUT2D eigenvalue weighted by molar-refractivity contribution is 5.94. The molecule has 0 aliphatic heterocycles. The van der Waals surface area contributed by atoms with Crippen LogP contribution in [0.3, 0.4) is 0 Å². The van der Waals surface area contributed by atoms with Gasteiger partial charge in [-0.1, -0.05) is 63.7 Å². The van der Waals surface area contributed by atoms with Crippen molar-refractivity contribution >= 4 is 11.6 Å². The summed E-state index contributed by atoms with van der Waals surface area (Å²) >= 11 is 0. The zero-order valence-electron chi connectivity index (χ0n) is 18.6. The number of nitrogens with zero attached hydrogens (tertiary/aromatic N) is 1. The van der Waals surface area contributed by atoms with Crippen molar-refractivity contribution in [3.05, 3.63) is 107 Å². The summed E-state index contributed by atoms with van der Waals surface area (Å²) in [4.78, 5) is 12.4. The van der Waals surface area contributed by atoms with E-state index in [-0.39, 0.29) is 11.3 Å². The number of nitrogens with one attached hydrogen (secondary N) is 2. The fraction of sp³-hybridized carbons (Fsp3) is 0.185. The zero-order chi connectivity index (χ0) is 23.1. The molecule has 0 radical (unpaired) electrons. The molecule has 0 atom stereocenters. The van der Waals surface area contributed by atoms with Crippen LogP contribution >= 0.6 is 0 Å². The van der Waals surface area contributed by atoms with Gasteiger partial charge in [0.15, 0.2) is 0 Å². The van der Waals surface area contributed by atoms with Crippen molar-refractivity contribution in [1.82, 2.24) is 10.9 Å². The van der Waals surface area contributed by atoms with Gasteiger partial charge in [0.25, 0.3) is 5.91 Å². The van der Waals surface area contributed by atoms with Crippen LogP contribution in [0.25, 0.3) is 5.70 Å². The van der Waals surface area contributed by atoms with E-state index in [0.29, 0.717) is 23.4 Å². The van der Waals surface area contributed by atoms with Crippen molar-refractivity contribution < 1.29 is 9.53 Å². The summed E-state index contributed by atoms with van der Waals surface area (Å²) in [7, 11) is 0. The Morgan fingerprint density at radius 2 is 1.50 bits per heavy atom. The minimum absolute atomic E-state index is 0.109. The van der Waals surface area contributed by atoms with Crippen molar-refractivity contribution in [3.63, 3.8) is 0 Å². The third kappa shape index (κ3) is 5.99. The first-order valence-electron chi connectivity index (χ1n) is 10.3. The van der Waals surface area contributed by atoms with Crippen LogP contribution in [0.4, 0.5) is 0 Å². The van der Waals surface area contributed by atoms with Crippen molar-refractivity contribution in [1.29, 1.82) is 5.26 Å². The molecule has 0 heterocycles. The van der Waals surface area contributed by atoms with Gasteiger partial charge in [0, 0.05) is 5.56 Å². The molecule has 3 rings (SSSR count). The number of amides is 1. The van der Waals surface area contributed by atoms with Gasteiger partial charge in [0.1, 0.15) is 12.4 Å². The maximum absolute atomic E-state index is 12.4. The van der Waals surface area contributed by atoms with Crippen molar-refractivity contribution in [2.75, 3.05) is 0 Å². The van der Waals surface area contributed by atoms with E-state index in [4.69, 9.17) is 10.00 Å². The van der Waals surface area contributed by atoms with Crippen LogP contribution in [0.1, 0.15) is 53.4 Å². The third-order valence-electron chi connectivity index (χ3n) is 5.03. The number of hydrazine groups is 1. The Bertz CT molecular complexity index is 1120. The predicted octanol–water partition coefficient (Wildman–Crippen LogP) is 5.34. The lowest BCUT2D eigenvalue weighted by molar-refractivity contribution is 0.0942. The minimum atomic E-state index is -0.273.